The van der Waals surface area contributed by atoms with E-state index in [1.165, 1.54) is 24.8 Å². The zero-order chi connectivity index (χ0) is 8.27. The van der Waals surface area contributed by atoms with E-state index in [0.29, 0.717) is 5.92 Å². The van der Waals surface area contributed by atoms with Crippen LogP contribution in [0.25, 0.3) is 0 Å². The minimum absolute atomic E-state index is 0.495. The van der Waals surface area contributed by atoms with E-state index in [9.17, 15) is 4.79 Å². The van der Waals surface area contributed by atoms with Gasteiger partial charge in [0.05, 0.1) is 0 Å². The predicted octanol–water partition coefficient (Wildman–Crippen LogP) is 2.71. The Hall–Kier alpha value is -0.590. The highest BCUT2D eigenvalue weighted by Gasteiger charge is 2.14. The van der Waals surface area contributed by atoms with Gasteiger partial charge in [-0.3, -0.25) is 4.79 Å². The number of carbonyl (C=O) groups excluding carboxylic acids is 1. The number of aldehydes is 1. The zero-order valence-corrected chi connectivity index (χ0v) is 7.39. The highest BCUT2D eigenvalue weighted by molar-refractivity contribution is 5.75. The van der Waals surface area contributed by atoms with Crippen molar-refractivity contribution in [2.45, 2.75) is 39.5 Å². The number of hydrogen-bond acceptors (Lipinski definition) is 1. The fraction of sp³-hybridized carbons (Fsp3) is 0.700. The van der Waals surface area contributed by atoms with E-state index >= 15 is 0 Å². The molecule has 0 saturated carbocycles. The van der Waals surface area contributed by atoms with Crippen molar-refractivity contribution < 1.29 is 4.79 Å². The molecule has 0 saturated heterocycles. The quantitative estimate of drug-likeness (QED) is 0.528. The van der Waals surface area contributed by atoms with Crippen LogP contribution >= 0.6 is 0 Å². The predicted molar refractivity (Wildman–Crippen MR) is 46.4 cm³/mol. The van der Waals surface area contributed by atoms with E-state index in [1.807, 2.05) is 0 Å². The third kappa shape index (κ3) is 1.92. The van der Waals surface area contributed by atoms with Crippen molar-refractivity contribution in [3.05, 3.63) is 11.1 Å². The molecule has 0 radical (unpaired) electrons. The fourth-order valence-corrected chi connectivity index (χ4v) is 1.78. The maximum atomic E-state index is 10.7. The monoisotopic (exact) mass is 152 g/mol. The van der Waals surface area contributed by atoms with E-state index in [2.05, 4.69) is 13.8 Å². The van der Waals surface area contributed by atoms with Gasteiger partial charge < -0.3 is 0 Å². The van der Waals surface area contributed by atoms with Crippen molar-refractivity contribution in [3.63, 3.8) is 0 Å². The van der Waals surface area contributed by atoms with Gasteiger partial charge in [-0.1, -0.05) is 18.9 Å². The van der Waals surface area contributed by atoms with Gasteiger partial charge in [0, 0.05) is 0 Å². The van der Waals surface area contributed by atoms with Crippen molar-refractivity contribution >= 4 is 6.29 Å². The van der Waals surface area contributed by atoms with Crippen LogP contribution in [0.2, 0.25) is 0 Å². The first-order valence-corrected chi connectivity index (χ1v) is 4.40. The summed E-state index contributed by atoms with van der Waals surface area (Å²) in [7, 11) is 0. The first kappa shape index (κ1) is 8.51. The molecule has 0 bridgehead atoms. The number of hydrogen-bond donors (Lipinski definition) is 0. The minimum atomic E-state index is 0.495. The van der Waals surface area contributed by atoms with E-state index in [0.717, 1.165) is 18.3 Å². The lowest BCUT2D eigenvalue weighted by atomic mass is 9.96. The van der Waals surface area contributed by atoms with Crippen LogP contribution in [0.1, 0.15) is 39.5 Å². The van der Waals surface area contributed by atoms with Gasteiger partial charge in [-0.2, -0.15) is 0 Å². The van der Waals surface area contributed by atoms with Gasteiger partial charge in [0.25, 0.3) is 0 Å². The molecule has 0 N–H and O–H groups in total. The molecule has 0 fully saturated rings. The van der Waals surface area contributed by atoms with Gasteiger partial charge in [0.2, 0.25) is 0 Å². The van der Waals surface area contributed by atoms with E-state index < -0.39 is 0 Å². The molecule has 1 aliphatic rings. The Morgan fingerprint density at radius 3 is 2.82 bits per heavy atom. The Bertz CT molecular complexity index is 179. The van der Waals surface area contributed by atoms with Crippen LogP contribution < -0.4 is 0 Å². The summed E-state index contributed by atoms with van der Waals surface area (Å²) in [6, 6.07) is 0. The Labute approximate surface area is 68.5 Å². The Morgan fingerprint density at radius 2 is 2.18 bits per heavy atom. The van der Waals surface area contributed by atoms with Gasteiger partial charge in [-0.15, -0.1) is 0 Å². The van der Waals surface area contributed by atoms with Crippen LogP contribution in [-0.2, 0) is 4.79 Å². The maximum Gasteiger partial charge on any atom is 0.146 e. The third-order valence-corrected chi connectivity index (χ3v) is 2.59. The summed E-state index contributed by atoms with van der Waals surface area (Å²) in [5, 5.41) is 0. The zero-order valence-electron chi connectivity index (χ0n) is 7.39. The lowest BCUT2D eigenvalue weighted by molar-refractivity contribution is -0.105. The van der Waals surface area contributed by atoms with E-state index in [4.69, 9.17) is 0 Å². The molecule has 1 atom stereocenters. The normalized spacial score (nSPS) is 26.5. The fourth-order valence-electron chi connectivity index (χ4n) is 1.78. The molecule has 1 aliphatic carbocycles. The molecule has 1 rings (SSSR count). The molecule has 0 aromatic rings. The molecular formula is C10H16O. The lowest BCUT2D eigenvalue weighted by Crippen LogP contribution is -2.00. The SMILES string of the molecule is CC1=C(C=O)C(C)CCCC1. The van der Waals surface area contributed by atoms with Crippen LogP contribution in [-0.4, -0.2) is 6.29 Å². The van der Waals surface area contributed by atoms with Crippen LogP contribution in [0.3, 0.4) is 0 Å². The molecule has 62 valence electrons. The summed E-state index contributed by atoms with van der Waals surface area (Å²) in [5.41, 5.74) is 2.37. The highest BCUT2D eigenvalue weighted by atomic mass is 16.1. The van der Waals surface area contributed by atoms with Gasteiger partial charge in [-0.25, -0.2) is 0 Å². The van der Waals surface area contributed by atoms with E-state index in [1.54, 1.807) is 0 Å². The smallest absolute Gasteiger partial charge is 0.146 e. The maximum absolute atomic E-state index is 10.7. The van der Waals surface area contributed by atoms with Crippen LogP contribution in [0.15, 0.2) is 11.1 Å². The van der Waals surface area contributed by atoms with Crippen LogP contribution in [0.4, 0.5) is 0 Å². The molecule has 1 nitrogen and oxygen atoms in total. The molecule has 0 aliphatic heterocycles. The first-order valence-electron chi connectivity index (χ1n) is 4.40. The highest BCUT2D eigenvalue weighted by Crippen LogP contribution is 2.26. The van der Waals surface area contributed by atoms with Crippen molar-refractivity contribution in [2.24, 2.45) is 5.92 Å². The second-order valence-electron chi connectivity index (χ2n) is 3.50. The Kier molecular flexibility index (Phi) is 2.86. The van der Waals surface area contributed by atoms with E-state index in [-0.39, 0.29) is 0 Å². The summed E-state index contributed by atoms with van der Waals surface area (Å²) in [6.07, 6.45) is 5.89. The number of rotatable bonds is 1. The van der Waals surface area contributed by atoms with Gasteiger partial charge >= 0.3 is 0 Å². The first-order chi connectivity index (χ1) is 5.25. The largest absolute Gasteiger partial charge is 0.298 e. The summed E-state index contributed by atoms with van der Waals surface area (Å²) in [5.74, 6) is 0.495. The molecular weight excluding hydrogens is 136 g/mol. The average molecular weight is 152 g/mol. The summed E-state index contributed by atoms with van der Waals surface area (Å²) < 4.78 is 0. The molecule has 1 unspecified atom stereocenters. The molecule has 0 spiro atoms. The van der Waals surface area contributed by atoms with Gasteiger partial charge in [0.1, 0.15) is 6.29 Å². The topological polar surface area (TPSA) is 17.1 Å². The molecule has 0 amide bonds. The minimum Gasteiger partial charge on any atom is -0.298 e. The number of allylic oxidation sites excluding steroid dienone is 2. The average Bonchev–Trinajstić information content (AvgIpc) is 2.12. The second kappa shape index (κ2) is 3.70. The van der Waals surface area contributed by atoms with Crippen molar-refractivity contribution in [2.75, 3.05) is 0 Å². The summed E-state index contributed by atoms with van der Waals surface area (Å²) in [4.78, 5) is 10.7. The van der Waals surface area contributed by atoms with Crippen LogP contribution in [0.5, 0.6) is 0 Å². The number of carbonyl (C=O) groups is 1. The Morgan fingerprint density at radius 1 is 1.45 bits per heavy atom. The van der Waals surface area contributed by atoms with Crippen molar-refractivity contribution in [1.29, 1.82) is 0 Å². The van der Waals surface area contributed by atoms with Gasteiger partial charge in [-0.05, 0) is 37.7 Å². The van der Waals surface area contributed by atoms with Crippen molar-refractivity contribution in [3.8, 4) is 0 Å². The summed E-state index contributed by atoms with van der Waals surface area (Å²) in [6.45, 7) is 4.24. The second-order valence-corrected chi connectivity index (χ2v) is 3.50. The van der Waals surface area contributed by atoms with Crippen LogP contribution in [0, 0.1) is 5.92 Å². The third-order valence-electron chi connectivity index (χ3n) is 2.59. The van der Waals surface area contributed by atoms with Gasteiger partial charge in [0.15, 0.2) is 0 Å². The van der Waals surface area contributed by atoms with Crippen molar-refractivity contribution in [1.82, 2.24) is 0 Å². The standard InChI is InChI=1S/C10H16O/c1-8-5-3-4-6-9(2)10(8)7-11/h7-8H,3-6H2,1-2H3. The summed E-state index contributed by atoms with van der Waals surface area (Å²) >= 11 is 0. The molecule has 0 heterocycles. The molecule has 0 aromatic carbocycles. The molecule has 0 aromatic heterocycles. The Balaban J connectivity index is 2.81. The molecule has 1 heteroatoms. The lowest BCUT2D eigenvalue weighted by Gasteiger charge is -2.08. The molecule has 11 heavy (non-hydrogen) atoms.